The number of benzene rings is 1. The number of nitrogens with zero attached hydrogens (tertiary/aromatic N) is 1. The van der Waals surface area contributed by atoms with Crippen LogP contribution in [0.2, 0.25) is 0 Å². The predicted octanol–water partition coefficient (Wildman–Crippen LogP) is 1.08. The molecule has 3 N–H and O–H groups in total. The van der Waals surface area contributed by atoms with Gasteiger partial charge in [0.1, 0.15) is 6.04 Å². The quantitative estimate of drug-likeness (QED) is 0.660. The highest BCUT2D eigenvalue weighted by atomic mass is 16.7. The van der Waals surface area contributed by atoms with Gasteiger partial charge in [0.2, 0.25) is 5.91 Å². The number of hydrogen-bond donors (Lipinski definition) is 3. The molecule has 9 heteroatoms. The first-order chi connectivity index (χ1) is 14.5. The molecule has 30 heavy (non-hydrogen) atoms. The summed E-state index contributed by atoms with van der Waals surface area (Å²) >= 11 is 0. The molecule has 1 aromatic carbocycles. The largest absolute Gasteiger partial charge is 0.481 e. The van der Waals surface area contributed by atoms with E-state index in [1.165, 1.54) is 0 Å². The van der Waals surface area contributed by atoms with Crippen molar-refractivity contribution < 1.29 is 29.0 Å². The third-order valence-electron chi connectivity index (χ3n) is 6.19. The van der Waals surface area contributed by atoms with Crippen LogP contribution in [0, 0.1) is 5.92 Å². The number of urea groups is 1. The van der Waals surface area contributed by atoms with Crippen LogP contribution in [0.1, 0.15) is 31.2 Å². The summed E-state index contributed by atoms with van der Waals surface area (Å²) in [5, 5.41) is 15.2. The molecule has 1 aliphatic carbocycles. The maximum atomic E-state index is 12.9. The average molecular weight is 417 g/mol. The summed E-state index contributed by atoms with van der Waals surface area (Å²) in [6.45, 7) is 1.71. The second kappa shape index (κ2) is 8.61. The van der Waals surface area contributed by atoms with Gasteiger partial charge in [-0.05, 0) is 18.4 Å². The average Bonchev–Trinajstić information content (AvgIpc) is 3.34. The Morgan fingerprint density at radius 3 is 2.60 bits per heavy atom. The summed E-state index contributed by atoms with van der Waals surface area (Å²) in [7, 11) is 0. The molecule has 0 unspecified atom stereocenters. The van der Waals surface area contributed by atoms with Crippen molar-refractivity contribution in [3.05, 3.63) is 35.9 Å². The number of carbonyl (C=O) groups is 3. The van der Waals surface area contributed by atoms with Gasteiger partial charge in [0.25, 0.3) is 0 Å². The number of aliphatic carboxylic acids is 1. The Bertz CT molecular complexity index is 795. The number of carboxylic acid groups (broad SMARTS) is 1. The fourth-order valence-corrected chi connectivity index (χ4v) is 4.68. The monoisotopic (exact) mass is 417 g/mol. The van der Waals surface area contributed by atoms with Crippen LogP contribution in [0.4, 0.5) is 4.79 Å². The Labute approximate surface area is 174 Å². The summed E-state index contributed by atoms with van der Waals surface area (Å²) in [5.41, 5.74) is 0.962. The van der Waals surface area contributed by atoms with Crippen molar-refractivity contribution in [2.45, 2.75) is 50.1 Å². The third kappa shape index (κ3) is 4.27. The molecule has 9 nitrogen and oxygen atoms in total. The van der Waals surface area contributed by atoms with E-state index in [2.05, 4.69) is 10.6 Å². The van der Waals surface area contributed by atoms with E-state index in [4.69, 9.17) is 9.47 Å². The van der Waals surface area contributed by atoms with Crippen molar-refractivity contribution in [3.63, 3.8) is 0 Å². The van der Waals surface area contributed by atoms with E-state index in [0.29, 0.717) is 45.6 Å². The first-order valence-corrected chi connectivity index (χ1v) is 10.4. The molecule has 0 bridgehead atoms. The SMILES string of the molecule is O=C(NCc1ccccc1)N[C@H]1CCN([C@H]2CCC3(C[C@H]2C(=O)O)OCCO3)C1=O. The van der Waals surface area contributed by atoms with Crippen molar-refractivity contribution >= 4 is 17.9 Å². The number of likely N-dealkylation sites (tertiary alicyclic amines) is 1. The minimum Gasteiger partial charge on any atom is -0.481 e. The van der Waals surface area contributed by atoms with E-state index >= 15 is 0 Å². The van der Waals surface area contributed by atoms with E-state index in [1.54, 1.807) is 4.90 Å². The zero-order valence-electron chi connectivity index (χ0n) is 16.7. The molecular weight excluding hydrogens is 390 g/mol. The third-order valence-corrected chi connectivity index (χ3v) is 6.19. The van der Waals surface area contributed by atoms with Crippen LogP contribution in [-0.2, 0) is 25.6 Å². The van der Waals surface area contributed by atoms with Crippen LogP contribution in [0.5, 0.6) is 0 Å². The van der Waals surface area contributed by atoms with Crippen molar-refractivity contribution in [1.82, 2.24) is 15.5 Å². The zero-order valence-corrected chi connectivity index (χ0v) is 16.7. The second-order valence-corrected chi connectivity index (χ2v) is 8.05. The molecule has 3 fully saturated rings. The molecular formula is C21H27N3O6. The van der Waals surface area contributed by atoms with Gasteiger partial charge < -0.3 is 30.1 Å². The topological polar surface area (TPSA) is 117 Å². The molecule has 2 saturated heterocycles. The minimum atomic E-state index is -0.956. The molecule has 2 heterocycles. The summed E-state index contributed by atoms with van der Waals surface area (Å²) in [5.74, 6) is -2.78. The van der Waals surface area contributed by atoms with Crippen LogP contribution in [0.3, 0.4) is 0 Å². The van der Waals surface area contributed by atoms with Crippen LogP contribution < -0.4 is 10.6 Å². The smallest absolute Gasteiger partial charge is 0.315 e. The number of rotatable bonds is 5. The number of carboxylic acids is 1. The zero-order chi connectivity index (χ0) is 21.1. The normalized spacial score (nSPS) is 27.9. The molecule has 0 radical (unpaired) electrons. The lowest BCUT2D eigenvalue weighted by Crippen LogP contribution is -2.54. The number of amides is 3. The molecule has 1 spiro atoms. The number of carbonyl (C=O) groups excluding carboxylic acids is 2. The van der Waals surface area contributed by atoms with Crippen LogP contribution in [0.25, 0.3) is 0 Å². The molecule has 2 aliphatic heterocycles. The lowest BCUT2D eigenvalue weighted by molar-refractivity contribution is -0.202. The lowest BCUT2D eigenvalue weighted by atomic mass is 9.80. The number of nitrogens with one attached hydrogen (secondary N) is 2. The molecule has 162 valence electrons. The van der Waals surface area contributed by atoms with Crippen LogP contribution >= 0.6 is 0 Å². The summed E-state index contributed by atoms with van der Waals surface area (Å²) in [4.78, 5) is 38.7. The van der Waals surface area contributed by atoms with Crippen molar-refractivity contribution in [1.29, 1.82) is 0 Å². The Hall–Kier alpha value is -2.65. The number of ether oxygens (including phenoxy) is 2. The summed E-state index contributed by atoms with van der Waals surface area (Å²) in [6, 6.07) is 8.01. The lowest BCUT2D eigenvalue weighted by Gasteiger charge is -2.42. The van der Waals surface area contributed by atoms with Gasteiger partial charge in [0.15, 0.2) is 5.79 Å². The van der Waals surface area contributed by atoms with Gasteiger partial charge in [0.05, 0.1) is 19.1 Å². The minimum absolute atomic E-state index is 0.229. The molecule has 4 rings (SSSR count). The predicted molar refractivity (Wildman–Crippen MR) is 105 cm³/mol. The van der Waals surface area contributed by atoms with E-state index < -0.39 is 35.8 Å². The van der Waals surface area contributed by atoms with Gasteiger partial charge in [-0.3, -0.25) is 9.59 Å². The van der Waals surface area contributed by atoms with Crippen LogP contribution in [-0.4, -0.2) is 65.5 Å². The molecule has 3 aliphatic rings. The van der Waals surface area contributed by atoms with Crippen molar-refractivity contribution in [2.75, 3.05) is 19.8 Å². The van der Waals surface area contributed by atoms with Gasteiger partial charge in [-0.1, -0.05) is 30.3 Å². The molecule has 3 atom stereocenters. The fraction of sp³-hybridized carbons (Fsp3) is 0.571. The Kier molecular flexibility index (Phi) is 5.92. The van der Waals surface area contributed by atoms with E-state index in [-0.39, 0.29) is 12.3 Å². The highest BCUT2D eigenvalue weighted by Gasteiger charge is 2.51. The molecule has 1 aromatic rings. The Balaban J connectivity index is 1.34. The maximum Gasteiger partial charge on any atom is 0.315 e. The van der Waals surface area contributed by atoms with E-state index in [9.17, 15) is 19.5 Å². The summed E-state index contributed by atoms with van der Waals surface area (Å²) in [6.07, 6.45) is 1.74. The molecule has 1 saturated carbocycles. The van der Waals surface area contributed by atoms with E-state index in [1.807, 2.05) is 30.3 Å². The highest BCUT2D eigenvalue weighted by Crippen LogP contribution is 2.41. The van der Waals surface area contributed by atoms with E-state index in [0.717, 1.165) is 5.56 Å². The van der Waals surface area contributed by atoms with Gasteiger partial charge in [-0.25, -0.2) is 4.79 Å². The Morgan fingerprint density at radius 2 is 1.90 bits per heavy atom. The van der Waals surface area contributed by atoms with Gasteiger partial charge >= 0.3 is 12.0 Å². The highest BCUT2D eigenvalue weighted by molar-refractivity contribution is 5.89. The van der Waals surface area contributed by atoms with Gasteiger partial charge in [0, 0.05) is 32.0 Å². The molecule has 3 amide bonds. The van der Waals surface area contributed by atoms with Gasteiger partial charge in [-0.15, -0.1) is 0 Å². The molecule has 0 aromatic heterocycles. The standard InChI is InChI=1S/C21H27N3O6/c25-18-16(23-20(28)22-13-14-4-2-1-3-5-14)7-9-24(18)17-6-8-21(29-10-11-30-21)12-15(17)19(26)27/h1-5,15-17H,6-13H2,(H,26,27)(H2,22,23,28)/t15-,16+,17+/m1/s1. The second-order valence-electron chi connectivity index (χ2n) is 8.05. The van der Waals surface area contributed by atoms with Crippen molar-refractivity contribution in [3.8, 4) is 0 Å². The maximum absolute atomic E-state index is 12.9. The van der Waals surface area contributed by atoms with Gasteiger partial charge in [-0.2, -0.15) is 0 Å². The first-order valence-electron chi connectivity index (χ1n) is 10.4. The number of hydrogen-bond acceptors (Lipinski definition) is 5. The summed E-state index contributed by atoms with van der Waals surface area (Å²) < 4.78 is 11.4. The first kappa shape index (κ1) is 20.6. The van der Waals surface area contributed by atoms with Crippen LogP contribution in [0.15, 0.2) is 30.3 Å². The Morgan fingerprint density at radius 1 is 1.17 bits per heavy atom. The van der Waals surface area contributed by atoms with Crippen molar-refractivity contribution in [2.24, 2.45) is 5.92 Å². The fourth-order valence-electron chi connectivity index (χ4n) is 4.68.